The van der Waals surface area contributed by atoms with Crippen molar-refractivity contribution in [3.8, 4) is 17.0 Å². The molecule has 2 saturated heterocycles. The summed E-state index contributed by atoms with van der Waals surface area (Å²) in [5.41, 5.74) is 13.9. The largest absolute Gasteiger partial charge is 0.491 e. The number of carbonyl (C=O) groups is 1. The summed E-state index contributed by atoms with van der Waals surface area (Å²) in [5, 5.41) is 29.1. The highest BCUT2D eigenvalue weighted by atomic mass is 31.2. The molecule has 13 N–H and O–H groups in total. The molecule has 7 heterocycles. The summed E-state index contributed by atoms with van der Waals surface area (Å²) in [4.78, 5) is 77.5. The van der Waals surface area contributed by atoms with Gasteiger partial charge in [-0.2, -0.15) is 0 Å². The summed E-state index contributed by atoms with van der Waals surface area (Å²) >= 11 is 0. The van der Waals surface area contributed by atoms with Gasteiger partial charge in [0.05, 0.1) is 106 Å². The zero-order chi connectivity index (χ0) is 65.3. The Kier molecular flexibility index (Phi) is 25.3. The van der Waals surface area contributed by atoms with E-state index in [1.54, 1.807) is 40.0 Å². The molecule has 31 nitrogen and oxygen atoms in total. The Morgan fingerprint density at radius 3 is 2.30 bits per heavy atom. The molecule has 502 valence electrons. The van der Waals surface area contributed by atoms with Crippen molar-refractivity contribution in [2.24, 2.45) is 11.6 Å². The van der Waals surface area contributed by atoms with Crippen molar-refractivity contribution in [2.45, 2.75) is 120 Å². The van der Waals surface area contributed by atoms with E-state index in [9.17, 15) is 43.6 Å². The lowest BCUT2D eigenvalue weighted by molar-refractivity contribution is -0.122. The average Bonchev–Trinajstić information content (AvgIpc) is 1.69. The first-order valence-corrected chi connectivity index (χ1v) is 33.6. The Labute approximate surface area is 526 Å². The second-order valence-corrected chi connectivity index (χ2v) is 25.8. The van der Waals surface area contributed by atoms with Crippen molar-refractivity contribution in [2.75, 3.05) is 109 Å². The zero-order valence-corrected chi connectivity index (χ0v) is 53.5. The van der Waals surface area contributed by atoms with E-state index < -0.39 is 74.9 Å². The lowest BCUT2D eigenvalue weighted by Crippen LogP contribution is -2.45. The fourth-order valence-electron chi connectivity index (χ4n) is 11.2. The number of rotatable bonds is 38. The molecule has 3 unspecified atom stereocenters. The normalized spacial score (nSPS) is 18.7. The molecule has 2 fully saturated rings. The van der Waals surface area contributed by atoms with Crippen molar-refractivity contribution in [3.63, 3.8) is 0 Å². The average molecular weight is 1320 g/mol. The van der Waals surface area contributed by atoms with Crippen LogP contribution in [0, 0.1) is 0 Å². The number of imidazole rings is 2. The second-order valence-electron chi connectivity index (χ2n) is 22.4. The van der Waals surface area contributed by atoms with Gasteiger partial charge in [0.1, 0.15) is 47.6 Å². The summed E-state index contributed by atoms with van der Waals surface area (Å²) in [5.74, 6) is 6.32. The minimum absolute atomic E-state index is 0.0222. The van der Waals surface area contributed by atoms with Gasteiger partial charge in [-0.05, 0) is 62.8 Å². The van der Waals surface area contributed by atoms with Crippen LogP contribution >= 0.6 is 15.4 Å². The van der Waals surface area contributed by atoms with Crippen molar-refractivity contribution >= 4 is 60.6 Å². The summed E-state index contributed by atoms with van der Waals surface area (Å²) in [6.07, 6.45) is 1.76. The summed E-state index contributed by atoms with van der Waals surface area (Å²) in [7, 11) is -9.92. The molecule has 5 aromatic heterocycles. The number of nitrogens with one attached hydrogen (secondary N) is 2. The first-order valence-electron chi connectivity index (χ1n) is 30.5. The number of nitrogens with two attached hydrogens (primary N) is 3. The molecular formula is C58H87N13O18P2. The first-order chi connectivity index (χ1) is 43.6. The number of aliphatic hydroxyl groups is 2. The van der Waals surface area contributed by atoms with Gasteiger partial charge >= 0.3 is 21.0 Å². The molecule has 2 aliphatic heterocycles. The predicted molar refractivity (Wildman–Crippen MR) is 335 cm³/mol. The van der Waals surface area contributed by atoms with Gasteiger partial charge in [-0.25, -0.2) is 35.1 Å². The van der Waals surface area contributed by atoms with Crippen LogP contribution in [0.15, 0.2) is 82.6 Å². The molecule has 1 amide bonds. The molecule has 0 bridgehead atoms. The smallest absolute Gasteiger partial charge is 0.470 e. The first kappa shape index (κ1) is 70.6. The molecule has 0 saturated carbocycles. The Balaban J connectivity index is 0.692. The predicted octanol–water partition coefficient (Wildman–Crippen LogP) is 3.45. The number of hydrogen-bond acceptors (Lipinski definition) is 25. The van der Waals surface area contributed by atoms with E-state index >= 15 is 0 Å². The van der Waals surface area contributed by atoms with Crippen LogP contribution in [0.25, 0.3) is 39.0 Å². The van der Waals surface area contributed by atoms with E-state index in [1.165, 1.54) is 28.4 Å². The van der Waals surface area contributed by atoms with Gasteiger partial charge in [0, 0.05) is 87.4 Å². The van der Waals surface area contributed by atoms with Crippen LogP contribution in [-0.2, 0) is 46.7 Å². The quantitative estimate of drug-likeness (QED) is 0.00872. The number of hydrogen-bond donors (Lipinski definition) is 10. The minimum Gasteiger partial charge on any atom is -0.491 e. The summed E-state index contributed by atoms with van der Waals surface area (Å²) < 4.78 is 81.9. The van der Waals surface area contributed by atoms with E-state index in [0.717, 1.165) is 37.3 Å². The number of carbonyl (C=O) groups excluding carboxylic acids is 1. The zero-order valence-electron chi connectivity index (χ0n) is 51.7. The number of aromatic nitrogens is 6. The molecule has 2 aliphatic rings. The Bertz CT molecular complexity index is 3520. The maximum atomic E-state index is 14.8. The van der Waals surface area contributed by atoms with Gasteiger partial charge in [0.2, 0.25) is 5.91 Å². The molecule has 0 radical (unpaired) electrons. The summed E-state index contributed by atoms with van der Waals surface area (Å²) in [6, 6.07) is 10.4. The molecule has 0 aliphatic carbocycles. The highest BCUT2D eigenvalue weighted by Crippen LogP contribution is 2.63. The molecule has 6 aromatic rings. The maximum Gasteiger partial charge on any atom is 0.470 e. The number of piperazine rings is 1. The molecule has 6 atom stereocenters. The van der Waals surface area contributed by atoms with E-state index in [2.05, 4.69) is 35.5 Å². The number of nitrogens with zero attached hydrogens (tertiary/aromatic N) is 8. The third kappa shape index (κ3) is 18.6. The molecule has 1 aromatic carbocycles. The van der Waals surface area contributed by atoms with Crippen molar-refractivity contribution < 1.29 is 80.7 Å². The van der Waals surface area contributed by atoms with Crippen molar-refractivity contribution in [3.05, 3.63) is 83.8 Å². The lowest BCUT2D eigenvalue weighted by Gasteiger charge is -2.39. The Morgan fingerprint density at radius 2 is 1.63 bits per heavy atom. The number of ether oxygens (including phenoxy) is 6. The van der Waals surface area contributed by atoms with Gasteiger partial charge in [0.15, 0.2) is 17.7 Å². The van der Waals surface area contributed by atoms with Crippen LogP contribution < -0.4 is 43.2 Å². The van der Waals surface area contributed by atoms with E-state index in [0.29, 0.717) is 80.2 Å². The standard InChI is InChI=1S/C58H87N13O18P2/c1-5-57(6-2,89-91(78,79)80)32-47-51(74)52(55(86-47)71-38-65-50-53(60)63-37-64-54(50)71)88-90(76,77)58(7-3,8-4)31-41(35-72)66-49(73)10-9-16-70(61)33-40(59)36-84-25-24-82-21-20-81-22-23-83-26-27-85-43-13-17-69-34-45(67-48(69)30-43)44-28-39-11-12-42(29-46(39)87-56(44)75)68-18-14-62-15-19-68/h11-13,17,28-30,33-34,37-38,41,47,51-52,55,62,72,74H,5-10,14-16,18-27,31-32,35-36,59,61H2,1-4H3,(H,66,73)(H,76,77)(H2,60,63,64)(H2,78,79,80)/b40-33-/t41?,47-,51?,52+,55-/m0/s1. The second kappa shape index (κ2) is 32.6. The maximum absolute atomic E-state index is 14.8. The highest BCUT2D eigenvalue weighted by molar-refractivity contribution is 7.54. The monoisotopic (exact) mass is 1320 g/mol. The van der Waals surface area contributed by atoms with Crippen LogP contribution in [0.2, 0.25) is 0 Å². The van der Waals surface area contributed by atoms with Crippen LogP contribution in [0.3, 0.4) is 0 Å². The van der Waals surface area contributed by atoms with E-state index in [-0.39, 0.29) is 88.1 Å². The topological polar surface area (TPSA) is 426 Å². The number of phosphoric acid groups is 1. The molecule has 8 rings (SSSR count). The summed E-state index contributed by atoms with van der Waals surface area (Å²) in [6.45, 7) is 12.5. The number of fused-ring (bicyclic) bond motifs is 3. The lowest BCUT2D eigenvalue weighted by atomic mass is 9.88. The van der Waals surface area contributed by atoms with Gasteiger partial charge in [-0.3, -0.25) is 23.0 Å². The number of nitrogen functional groups attached to an aromatic ring is 1. The number of benzene rings is 1. The van der Waals surface area contributed by atoms with Crippen molar-refractivity contribution in [1.82, 2.24) is 44.5 Å². The van der Waals surface area contributed by atoms with Crippen LogP contribution in [0.4, 0.5) is 11.5 Å². The molecule has 0 spiro atoms. The molecule has 91 heavy (non-hydrogen) atoms. The highest BCUT2D eigenvalue weighted by Gasteiger charge is 2.56. The number of phosphoric ester groups is 1. The van der Waals surface area contributed by atoms with Crippen LogP contribution in [-0.4, -0.2) is 199 Å². The fraction of sp³-hybridized carbons (Fsp3) is 0.586. The minimum atomic E-state index is -5.03. The van der Waals surface area contributed by atoms with E-state index in [4.69, 9.17) is 59.2 Å². The van der Waals surface area contributed by atoms with Crippen LogP contribution in [0.1, 0.15) is 85.3 Å². The number of pyridine rings is 1. The van der Waals surface area contributed by atoms with Gasteiger partial charge in [-0.15, -0.1) is 0 Å². The number of aliphatic hydroxyl groups excluding tert-OH is 2. The van der Waals surface area contributed by atoms with Gasteiger partial charge < -0.3 is 94.1 Å². The third-order valence-electron chi connectivity index (χ3n) is 16.5. The van der Waals surface area contributed by atoms with Gasteiger partial charge in [0.25, 0.3) is 0 Å². The number of hydrazine groups is 1. The third-order valence-corrected chi connectivity index (χ3v) is 19.7. The number of anilines is 2. The fourth-order valence-corrected chi connectivity index (χ4v) is 14.1. The Morgan fingerprint density at radius 1 is 0.934 bits per heavy atom. The van der Waals surface area contributed by atoms with Crippen LogP contribution in [0.5, 0.6) is 5.75 Å². The Hall–Kier alpha value is -6.22. The number of amides is 1. The molecule has 33 heteroatoms. The molecular weight excluding hydrogens is 1230 g/mol. The van der Waals surface area contributed by atoms with Gasteiger partial charge in [-0.1, -0.05) is 27.7 Å². The van der Waals surface area contributed by atoms with E-state index in [1.807, 2.05) is 40.9 Å². The van der Waals surface area contributed by atoms with Crippen molar-refractivity contribution in [1.29, 1.82) is 0 Å². The SMILES string of the molecule is CCC(CC)(C[C@@H]1O[C@H](n2cnc3c(N)ncnc32)[C@H](OP(=O)(O)C(CC)(CC)CC(CO)NC(=O)CCCN(N)/C=C(\N)COCCOCCOCCOCCOc2ccn3cc(-c4cc5ccc(N6CCNCC6)cc5oc4=O)nc3c2)C1O)OP(=O)(O)O.